The molecule has 2 aromatic carbocycles. The maximum Gasteiger partial charge on any atom is 0.339 e. The van der Waals surface area contributed by atoms with Crippen LogP contribution in [0, 0.1) is 0 Å². The van der Waals surface area contributed by atoms with Crippen molar-refractivity contribution in [2.75, 3.05) is 6.61 Å². The number of carbonyl (C=O) groups excluding carboxylic acids is 3. The molecule has 0 radical (unpaired) electrons. The van der Waals surface area contributed by atoms with Crippen molar-refractivity contribution in [2.24, 2.45) is 0 Å². The lowest BCUT2D eigenvalue weighted by Gasteiger charge is -2.18. The molecule has 1 aliphatic carbocycles. The zero-order valence-electron chi connectivity index (χ0n) is 14.0. The number of carbonyl (C=O) groups is 3. The van der Waals surface area contributed by atoms with E-state index in [1.807, 2.05) is 30.3 Å². The molecule has 0 aromatic heterocycles. The number of Topliss-reactive ketones (excluding diaryl/α,β-unsaturated/α-hetero) is 1. The van der Waals surface area contributed by atoms with Gasteiger partial charge >= 0.3 is 5.97 Å². The van der Waals surface area contributed by atoms with Crippen LogP contribution in [0.4, 0.5) is 0 Å². The number of esters is 1. The van der Waals surface area contributed by atoms with Gasteiger partial charge < -0.3 is 14.6 Å². The van der Waals surface area contributed by atoms with Gasteiger partial charge in [0.1, 0.15) is 12.4 Å². The molecule has 26 heavy (non-hydrogen) atoms. The summed E-state index contributed by atoms with van der Waals surface area (Å²) in [7, 11) is 0. The highest BCUT2D eigenvalue weighted by Gasteiger charge is 2.32. The van der Waals surface area contributed by atoms with Crippen LogP contribution in [0.15, 0.2) is 54.3 Å². The van der Waals surface area contributed by atoms with Gasteiger partial charge in [0.2, 0.25) is 5.78 Å². The molecule has 6 nitrogen and oxygen atoms in total. The van der Waals surface area contributed by atoms with Crippen LogP contribution in [0.5, 0.6) is 5.75 Å². The molecular formula is C20H16O6. The topological polar surface area (TPSA) is 89.9 Å². The average Bonchev–Trinajstić information content (AvgIpc) is 2.64. The molecular weight excluding hydrogens is 336 g/mol. The largest absolute Gasteiger partial charge is 0.508 e. The lowest BCUT2D eigenvalue weighted by molar-refractivity contribution is 0.0522. The van der Waals surface area contributed by atoms with Crippen LogP contribution < -0.4 is 0 Å². The number of ether oxygens (including phenoxy) is 2. The summed E-state index contributed by atoms with van der Waals surface area (Å²) in [4.78, 5) is 37.3. The molecule has 0 fully saturated rings. The van der Waals surface area contributed by atoms with Crippen molar-refractivity contribution < 1.29 is 29.0 Å². The maximum absolute atomic E-state index is 12.8. The molecule has 0 unspecified atom stereocenters. The Balaban J connectivity index is 1.95. The smallest absolute Gasteiger partial charge is 0.339 e. The molecule has 0 amide bonds. The number of hydrogen-bond donors (Lipinski definition) is 1. The molecule has 0 atom stereocenters. The summed E-state index contributed by atoms with van der Waals surface area (Å²) >= 11 is 0. The van der Waals surface area contributed by atoms with Crippen LogP contribution in [0.1, 0.15) is 43.6 Å². The minimum absolute atomic E-state index is 0.0508. The van der Waals surface area contributed by atoms with Crippen LogP contribution in [0.2, 0.25) is 0 Å². The lowest BCUT2D eigenvalue weighted by atomic mass is 9.89. The minimum Gasteiger partial charge on any atom is -0.508 e. The standard InChI is InChI=1S/C20H16O6/c1-2-25-20(24)15-9-13(21)8-14-16(22)10-17(19(23)18(14)15)26-11-12-6-4-3-5-7-12/h3-10,21H,2,11H2,1H3. The SMILES string of the molecule is CCOC(=O)c1cc(O)cc2c1C(=O)C(OCc1ccccc1)=CC2=O. The van der Waals surface area contributed by atoms with Gasteiger partial charge in [-0.25, -0.2) is 4.79 Å². The second-order valence-electron chi connectivity index (χ2n) is 5.61. The van der Waals surface area contributed by atoms with Crippen molar-refractivity contribution in [2.45, 2.75) is 13.5 Å². The molecule has 0 aliphatic heterocycles. The molecule has 3 rings (SSSR count). The van der Waals surface area contributed by atoms with Crippen LogP contribution in [-0.4, -0.2) is 29.2 Å². The maximum atomic E-state index is 12.8. The zero-order valence-corrected chi connectivity index (χ0v) is 14.0. The number of hydrogen-bond acceptors (Lipinski definition) is 6. The van der Waals surface area contributed by atoms with Gasteiger partial charge in [-0.2, -0.15) is 0 Å². The molecule has 6 heteroatoms. The van der Waals surface area contributed by atoms with E-state index in [1.165, 1.54) is 0 Å². The monoisotopic (exact) mass is 352 g/mol. The molecule has 0 saturated carbocycles. The van der Waals surface area contributed by atoms with Crippen molar-refractivity contribution in [3.8, 4) is 5.75 Å². The Hall–Kier alpha value is -3.41. The number of ketones is 2. The third-order valence-electron chi connectivity index (χ3n) is 3.83. The molecule has 0 saturated heterocycles. The number of fused-ring (bicyclic) bond motifs is 1. The Morgan fingerprint density at radius 1 is 1.12 bits per heavy atom. The molecule has 2 aromatic rings. The molecule has 1 N–H and O–H groups in total. The third kappa shape index (κ3) is 3.35. The summed E-state index contributed by atoms with van der Waals surface area (Å²) < 4.78 is 10.4. The predicted molar refractivity (Wildman–Crippen MR) is 92.0 cm³/mol. The van der Waals surface area contributed by atoms with Crippen LogP contribution >= 0.6 is 0 Å². The predicted octanol–water partition coefficient (Wildman–Crippen LogP) is 3.05. The first-order valence-electron chi connectivity index (χ1n) is 8.02. The number of benzene rings is 2. The van der Waals surface area contributed by atoms with E-state index < -0.39 is 17.5 Å². The summed E-state index contributed by atoms with van der Waals surface area (Å²) in [6, 6.07) is 11.4. The summed E-state index contributed by atoms with van der Waals surface area (Å²) in [5, 5.41) is 9.78. The Morgan fingerprint density at radius 3 is 2.54 bits per heavy atom. The summed E-state index contributed by atoms with van der Waals surface area (Å²) in [5.74, 6) is -2.36. The third-order valence-corrected chi connectivity index (χ3v) is 3.83. The van der Waals surface area contributed by atoms with Gasteiger partial charge in [-0.15, -0.1) is 0 Å². The van der Waals surface area contributed by atoms with Gasteiger partial charge in [0.15, 0.2) is 11.5 Å². The van der Waals surface area contributed by atoms with Crippen molar-refractivity contribution in [3.63, 3.8) is 0 Å². The Bertz CT molecular complexity index is 911. The van der Waals surface area contributed by atoms with Gasteiger partial charge in [-0.05, 0) is 24.6 Å². The first-order valence-corrected chi connectivity index (χ1v) is 8.02. The molecule has 132 valence electrons. The number of allylic oxidation sites excluding steroid dienone is 2. The van der Waals surface area contributed by atoms with Crippen LogP contribution in [0.3, 0.4) is 0 Å². The molecule has 0 bridgehead atoms. The summed E-state index contributed by atoms with van der Waals surface area (Å²) in [6.45, 7) is 1.82. The van der Waals surface area contributed by atoms with Gasteiger partial charge in [-0.1, -0.05) is 30.3 Å². The number of rotatable bonds is 5. The van der Waals surface area contributed by atoms with E-state index in [9.17, 15) is 19.5 Å². The van der Waals surface area contributed by atoms with Crippen LogP contribution in [-0.2, 0) is 16.1 Å². The van der Waals surface area contributed by atoms with E-state index in [0.717, 1.165) is 23.8 Å². The highest BCUT2D eigenvalue weighted by Crippen LogP contribution is 2.30. The van der Waals surface area contributed by atoms with Gasteiger partial charge in [0.25, 0.3) is 0 Å². The van der Waals surface area contributed by atoms with E-state index in [-0.39, 0.29) is 41.4 Å². The summed E-state index contributed by atoms with van der Waals surface area (Å²) in [5.41, 5.74) is 0.506. The zero-order chi connectivity index (χ0) is 18.7. The average molecular weight is 352 g/mol. The number of aromatic hydroxyl groups is 1. The Kier molecular flexibility index (Phi) is 4.84. The fourth-order valence-corrected chi connectivity index (χ4v) is 2.66. The van der Waals surface area contributed by atoms with E-state index in [0.29, 0.717) is 0 Å². The van der Waals surface area contributed by atoms with E-state index >= 15 is 0 Å². The van der Waals surface area contributed by atoms with Crippen molar-refractivity contribution in [3.05, 3.63) is 76.6 Å². The second-order valence-corrected chi connectivity index (χ2v) is 5.61. The van der Waals surface area contributed by atoms with E-state index in [2.05, 4.69) is 0 Å². The Morgan fingerprint density at radius 2 is 1.85 bits per heavy atom. The van der Waals surface area contributed by atoms with Gasteiger partial charge in [-0.3, -0.25) is 9.59 Å². The first kappa shape index (κ1) is 17.4. The Labute approximate surface area is 149 Å². The van der Waals surface area contributed by atoms with E-state index in [4.69, 9.17) is 9.47 Å². The first-order chi connectivity index (χ1) is 12.5. The fourth-order valence-electron chi connectivity index (χ4n) is 2.66. The fraction of sp³-hybridized carbons (Fsp3) is 0.150. The van der Waals surface area contributed by atoms with Crippen molar-refractivity contribution in [1.82, 2.24) is 0 Å². The molecule has 1 aliphatic rings. The van der Waals surface area contributed by atoms with Crippen LogP contribution in [0.25, 0.3) is 0 Å². The van der Waals surface area contributed by atoms with Crippen molar-refractivity contribution in [1.29, 1.82) is 0 Å². The molecule has 0 heterocycles. The van der Waals surface area contributed by atoms with Crippen molar-refractivity contribution >= 4 is 17.5 Å². The van der Waals surface area contributed by atoms with E-state index in [1.54, 1.807) is 6.92 Å². The second kappa shape index (κ2) is 7.23. The summed E-state index contributed by atoms with van der Waals surface area (Å²) in [6.07, 6.45) is 1.07. The molecule has 0 spiro atoms. The highest BCUT2D eigenvalue weighted by molar-refractivity contribution is 6.26. The van der Waals surface area contributed by atoms with Gasteiger partial charge in [0, 0.05) is 11.6 Å². The number of phenolic OH excluding ortho intramolecular Hbond substituents is 1. The number of phenols is 1. The lowest BCUT2D eigenvalue weighted by Crippen LogP contribution is -2.23. The highest BCUT2D eigenvalue weighted by atomic mass is 16.5. The quantitative estimate of drug-likeness (QED) is 0.832. The van der Waals surface area contributed by atoms with Gasteiger partial charge in [0.05, 0.1) is 17.7 Å². The normalized spacial score (nSPS) is 13.0. The minimum atomic E-state index is -0.787.